The van der Waals surface area contributed by atoms with Crippen molar-refractivity contribution in [1.29, 1.82) is 0 Å². The minimum absolute atomic E-state index is 0.0768. The van der Waals surface area contributed by atoms with Crippen LogP contribution >= 0.6 is 0 Å². The van der Waals surface area contributed by atoms with Crippen molar-refractivity contribution in [3.63, 3.8) is 0 Å². The van der Waals surface area contributed by atoms with Crippen LogP contribution in [0, 0.1) is 6.92 Å². The van der Waals surface area contributed by atoms with Gasteiger partial charge in [0, 0.05) is 12.6 Å². The minimum Gasteiger partial charge on any atom is -0.348 e. The molecule has 0 aliphatic rings. The highest BCUT2D eigenvalue weighted by Crippen LogP contribution is 2.06. The number of hydrogen-bond acceptors (Lipinski definition) is 1. The molecule has 0 aromatic heterocycles. The lowest BCUT2D eigenvalue weighted by atomic mass is 10.1. The second-order valence-corrected chi connectivity index (χ2v) is 4.39. The summed E-state index contributed by atoms with van der Waals surface area (Å²) in [5, 5.41) is 2.88. The summed E-state index contributed by atoms with van der Waals surface area (Å²) in [7, 11) is 0. The number of hydrogen-bond donors (Lipinski definition) is 1. The van der Waals surface area contributed by atoms with Gasteiger partial charge >= 0.3 is 0 Å². The first-order chi connectivity index (χ1) is 9.25. The van der Waals surface area contributed by atoms with E-state index in [1.54, 1.807) is 6.08 Å². The highest BCUT2D eigenvalue weighted by Gasteiger charge is 1.99. The lowest BCUT2D eigenvalue weighted by Gasteiger charge is -2.05. The normalized spacial score (nSPS) is 10.6. The van der Waals surface area contributed by atoms with Crippen LogP contribution < -0.4 is 5.32 Å². The van der Waals surface area contributed by atoms with Crippen molar-refractivity contribution in [3.8, 4) is 0 Å². The second kappa shape index (κ2) is 6.55. The van der Waals surface area contributed by atoms with Gasteiger partial charge in [0.05, 0.1) is 0 Å². The molecule has 0 bridgehead atoms. The topological polar surface area (TPSA) is 29.1 Å². The van der Waals surface area contributed by atoms with Crippen LogP contribution in [0.5, 0.6) is 0 Å². The summed E-state index contributed by atoms with van der Waals surface area (Å²) >= 11 is 0. The zero-order chi connectivity index (χ0) is 13.5. The van der Waals surface area contributed by atoms with Crippen LogP contribution in [0.25, 0.3) is 6.08 Å². The number of aryl methyl sites for hydroxylation is 1. The summed E-state index contributed by atoms with van der Waals surface area (Å²) in [4.78, 5) is 11.7. The Balaban J connectivity index is 1.89. The molecule has 0 heterocycles. The zero-order valence-electron chi connectivity index (χ0n) is 11.0. The molecule has 0 aliphatic carbocycles. The Bertz CT molecular complexity index is 573. The smallest absolute Gasteiger partial charge is 0.244 e. The van der Waals surface area contributed by atoms with E-state index in [0.29, 0.717) is 6.54 Å². The van der Waals surface area contributed by atoms with Gasteiger partial charge in [-0.25, -0.2) is 0 Å². The first-order valence-corrected chi connectivity index (χ1v) is 6.31. The number of amides is 1. The van der Waals surface area contributed by atoms with Crippen molar-refractivity contribution in [1.82, 2.24) is 5.32 Å². The maximum Gasteiger partial charge on any atom is 0.244 e. The van der Waals surface area contributed by atoms with Crippen LogP contribution in [0.2, 0.25) is 0 Å². The van der Waals surface area contributed by atoms with Gasteiger partial charge in [0.15, 0.2) is 0 Å². The third-order valence-electron chi connectivity index (χ3n) is 2.94. The Kier molecular flexibility index (Phi) is 4.51. The number of benzene rings is 2. The van der Waals surface area contributed by atoms with Crippen LogP contribution in [0.15, 0.2) is 60.7 Å². The van der Waals surface area contributed by atoms with Gasteiger partial charge in [-0.05, 0) is 29.7 Å². The molecule has 0 unspecified atom stereocenters. The third kappa shape index (κ3) is 4.11. The van der Waals surface area contributed by atoms with Crippen LogP contribution in [-0.2, 0) is 11.3 Å². The van der Waals surface area contributed by atoms with E-state index in [4.69, 9.17) is 0 Å². The fourth-order valence-corrected chi connectivity index (χ4v) is 1.79. The van der Waals surface area contributed by atoms with Crippen molar-refractivity contribution in [2.45, 2.75) is 13.5 Å². The van der Waals surface area contributed by atoms with Crippen molar-refractivity contribution in [3.05, 3.63) is 77.4 Å². The fraction of sp³-hybridized carbons (Fsp3) is 0.118. The summed E-state index contributed by atoms with van der Waals surface area (Å²) in [5.41, 5.74) is 3.35. The summed E-state index contributed by atoms with van der Waals surface area (Å²) in [5.74, 6) is -0.0768. The van der Waals surface area contributed by atoms with Crippen molar-refractivity contribution >= 4 is 12.0 Å². The molecule has 0 atom stereocenters. The van der Waals surface area contributed by atoms with E-state index in [-0.39, 0.29) is 5.91 Å². The summed E-state index contributed by atoms with van der Waals surface area (Å²) in [6.07, 6.45) is 3.38. The van der Waals surface area contributed by atoms with E-state index >= 15 is 0 Å². The van der Waals surface area contributed by atoms with Gasteiger partial charge in [-0.15, -0.1) is 0 Å². The summed E-state index contributed by atoms with van der Waals surface area (Å²) in [6, 6.07) is 17.8. The van der Waals surface area contributed by atoms with Crippen LogP contribution in [-0.4, -0.2) is 5.91 Å². The van der Waals surface area contributed by atoms with E-state index < -0.39 is 0 Å². The average molecular weight is 251 g/mol. The molecule has 2 rings (SSSR count). The molecule has 0 radical (unpaired) electrons. The Morgan fingerprint density at radius 3 is 2.47 bits per heavy atom. The van der Waals surface area contributed by atoms with Crippen LogP contribution in [0.4, 0.5) is 0 Å². The monoisotopic (exact) mass is 251 g/mol. The number of carbonyl (C=O) groups is 1. The number of nitrogens with one attached hydrogen (secondary N) is 1. The predicted octanol–water partition coefficient (Wildman–Crippen LogP) is 3.32. The molecule has 0 saturated heterocycles. The van der Waals surface area contributed by atoms with Crippen molar-refractivity contribution < 1.29 is 4.79 Å². The van der Waals surface area contributed by atoms with Gasteiger partial charge in [-0.3, -0.25) is 4.79 Å². The molecule has 2 aromatic carbocycles. The quantitative estimate of drug-likeness (QED) is 0.830. The molecule has 0 spiro atoms. The molecule has 2 aromatic rings. The molecule has 2 heteroatoms. The predicted molar refractivity (Wildman–Crippen MR) is 78.5 cm³/mol. The van der Waals surface area contributed by atoms with E-state index in [1.165, 1.54) is 5.56 Å². The Morgan fingerprint density at radius 1 is 1.05 bits per heavy atom. The Hall–Kier alpha value is -2.35. The first-order valence-electron chi connectivity index (χ1n) is 6.31. The second-order valence-electron chi connectivity index (χ2n) is 4.39. The molecule has 1 amide bonds. The fourth-order valence-electron chi connectivity index (χ4n) is 1.79. The molecular formula is C17H17NO. The summed E-state index contributed by atoms with van der Waals surface area (Å²) < 4.78 is 0. The largest absolute Gasteiger partial charge is 0.348 e. The van der Waals surface area contributed by atoms with Gasteiger partial charge in [0.2, 0.25) is 5.91 Å². The van der Waals surface area contributed by atoms with Gasteiger partial charge in [0.25, 0.3) is 0 Å². The zero-order valence-corrected chi connectivity index (χ0v) is 11.0. The van der Waals surface area contributed by atoms with E-state index in [1.807, 2.05) is 67.6 Å². The van der Waals surface area contributed by atoms with E-state index in [2.05, 4.69) is 5.32 Å². The minimum atomic E-state index is -0.0768. The lowest BCUT2D eigenvalue weighted by molar-refractivity contribution is -0.116. The molecule has 0 aliphatic heterocycles. The van der Waals surface area contributed by atoms with Crippen molar-refractivity contribution in [2.24, 2.45) is 0 Å². The number of carbonyl (C=O) groups excluding carboxylic acids is 1. The Morgan fingerprint density at radius 2 is 1.74 bits per heavy atom. The molecule has 96 valence electrons. The molecule has 1 N–H and O–H groups in total. The highest BCUT2D eigenvalue weighted by molar-refractivity contribution is 5.91. The third-order valence-corrected chi connectivity index (χ3v) is 2.94. The molecule has 0 saturated carbocycles. The van der Waals surface area contributed by atoms with E-state index in [9.17, 15) is 4.79 Å². The average Bonchev–Trinajstić information content (AvgIpc) is 2.45. The Labute approximate surface area is 113 Å². The molecule has 19 heavy (non-hydrogen) atoms. The lowest BCUT2D eigenvalue weighted by Crippen LogP contribution is -2.20. The first kappa shape index (κ1) is 13.1. The summed E-state index contributed by atoms with van der Waals surface area (Å²) in [6.45, 7) is 2.60. The van der Waals surface area contributed by atoms with Gasteiger partial charge < -0.3 is 5.32 Å². The standard InChI is InChI=1S/C17H17NO/c1-14-7-5-6-10-16(14)13-18-17(19)12-11-15-8-3-2-4-9-15/h2-12H,13H2,1H3,(H,18,19)/b12-11+. The molecular weight excluding hydrogens is 234 g/mol. The SMILES string of the molecule is Cc1ccccc1CNC(=O)/C=C/c1ccccc1. The van der Waals surface area contributed by atoms with Crippen molar-refractivity contribution in [2.75, 3.05) is 0 Å². The molecule has 2 nitrogen and oxygen atoms in total. The van der Waals surface area contributed by atoms with Gasteiger partial charge in [0.1, 0.15) is 0 Å². The van der Waals surface area contributed by atoms with Crippen LogP contribution in [0.1, 0.15) is 16.7 Å². The van der Waals surface area contributed by atoms with Gasteiger partial charge in [-0.2, -0.15) is 0 Å². The van der Waals surface area contributed by atoms with Gasteiger partial charge in [-0.1, -0.05) is 54.6 Å². The van der Waals surface area contributed by atoms with E-state index in [0.717, 1.165) is 11.1 Å². The molecule has 0 fully saturated rings. The highest BCUT2D eigenvalue weighted by atomic mass is 16.1. The number of rotatable bonds is 4. The van der Waals surface area contributed by atoms with Crippen LogP contribution in [0.3, 0.4) is 0 Å². The maximum atomic E-state index is 11.7. The maximum absolute atomic E-state index is 11.7.